The van der Waals surface area contributed by atoms with Crippen LogP contribution in [0.3, 0.4) is 0 Å². The summed E-state index contributed by atoms with van der Waals surface area (Å²) in [6, 6.07) is 7.48. The molecule has 1 rings (SSSR count). The molecule has 0 saturated carbocycles. The Bertz CT molecular complexity index is 534. The van der Waals surface area contributed by atoms with E-state index in [1.54, 1.807) is 0 Å². The first-order valence-corrected chi connectivity index (χ1v) is 7.17. The lowest BCUT2D eigenvalue weighted by Gasteiger charge is -2.31. The molecule has 0 fully saturated rings. The molecule has 0 aromatic heterocycles. The molecule has 1 aromatic carbocycles. The zero-order valence-electron chi connectivity index (χ0n) is 13.2. The van der Waals surface area contributed by atoms with Crippen molar-refractivity contribution in [1.29, 1.82) is 5.26 Å². The number of nitrogens with zero attached hydrogens (tertiary/aromatic N) is 2. The maximum Gasteiger partial charge on any atom is 0.241 e. The second-order valence-electron chi connectivity index (χ2n) is 5.42. The molecule has 0 radical (unpaired) electrons. The van der Waals surface area contributed by atoms with Gasteiger partial charge in [-0.15, -0.1) is 0 Å². The number of nitriles is 1. The number of hydrogen-bond acceptors (Lipinski definition) is 4. The van der Waals surface area contributed by atoms with Crippen LogP contribution in [0, 0.1) is 18.3 Å². The van der Waals surface area contributed by atoms with Crippen LogP contribution in [0.15, 0.2) is 18.2 Å². The van der Waals surface area contributed by atoms with E-state index in [0.29, 0.717) is 18.7 Å². The number of anilines is 2. The van der Waals surface area contributed by atoms with Crippen molar-refractivity contribution in [2.24, 2.45) is 0 Å². The van der Waals surface area contributed by atoms with Crippen LogP contribution >= 0.6 is 0 Å². The zero-order chi connectivity index (χ0) is 16.0. The molecule has 1 unspecified atom stereocenters. The lowest BCUT2D eigenvalue weighted by atomic mass is 10.1. The van der Waals surface area contributed by atoms with Crippen LogP contribution in [-0.2, 0) is 4.79 Å². The molecule has 114 valence electrons. The molecule has 3 N–H and O–H groups in total. The van der Waals surface area contributed by atoms with E-state index in [9.17, 15) is 4.79 Å². The summed E-state index contributed by atoms with van der Waals surface area (Å²) in [5.74, 6) is -0.0876. The zero-order valence-corrected chi connectivity index (χ0v) is 13.2. The van der Waals surface area contributed by atoms with Crippen molar-refractivity contribution in [3.63, 3.8) is 0 Å². The summed E-state index contributed by atoms with van der Waals surface area (Å²) in [6.07, 6.45) is 0.410. The maximum atomic E-state index is 12.4. The topological polar surface area (TPSA) is 82.2 Å². The van der Waals surface area contributed by atoms with Gasteiger partial charge in [0.2, 0.25) is 5.91 Å². The van der Waals surface area contributed by atoms with Crippen molar-refractivity contribution >= 4 is 17.3 Å². The normalized spacial score (nSPS) is 12.2. The number of benzene rings is 1. The lowest BCUT2D eigenvalue weighted by molar-refractivity contribution is -0.121. The third-order valence-corrected chi connectivity index (χ3v) is 3.66. The first kappa shape index (κ1) is 17.0. The SMILES string of the molecule is Cc1c(N)cccc1NC(=O)C(C)N(CCC#N)C(C)C. The monoisotopic (exact) mass is 288 g/mol. The van der Waals surface area contributed by atoms with Gasteiger partial charge in [0.1, 0.15) is 0 Å². The number of amides is 1. The second kappa shape index (κ2) is 7.65. The molecule has 1 amide bonds. The fourth-order valence-electron chi connectivity index (χ4n) is 2.25. The molecule has 0 aliphatic rings. The molecular formula is C16H24N4O. The van der Waals surface area contributed by atoms with E-state index in [0.717, 1.165) is 11.3 Å². The van der Waals surface area contributed by atoms with Gasteiger partial charge < -0.3 is 11.1 Å². The Morgan fingerprint density at radius 1 is 1.43 bits per heavy atom. The Morgan fingerprint density at radius 2 is 2.10 bits per heavy atom. The Labute approximate surface area is 126 Å². The van der Waals surface area contributed by atoms with E-state index in [1.165, 1.54) is 0 Å². The van der Waals surface area contributed by atoms with Gasteiger partial charge in [0.15, 0.2) is 0 Å². The molecule has 21 heavy (non-hydrogen) atoms. The number of hydrogen-bond donors (Lipinski definition) is 2. The van der Waals surface area contributed by atoms with Gasteiger partial charge in [-0.2, -0.15) is 5.26 Å². The summed E-state index contributed by atoms with van der Waals surface area (Å²) in [6.45, 7) is 8.36. The van der Waals surface area contributed by atoms with Gasteiger partial charge in [0, 0.05) is 30.4 Å². The van der Waals surface area contributed by atoms with Crippen molar-refractivity contribution in [1.82, 2.24) is 4.90 Å². The van der Waals surface area contributed by atoms with Gasteiger partial charge in [-0.3, -0.25) is 9.69 Å². The van der Waals surface area contributed by atoms with E-state index in [1.807, 2.05) is 50.8 Å². The van der Waals surface area contributed by atoms with Crippen molar-refractivity contribution in [2.45, 2.75) is 46.2 Å². The molecule has 5 nitrogen and oxygen atoms in total. The second-order valence-corrected chi connectivity index (χ2v) is 5.42. The first-order valence-electron chi connectivity index (χ1n) is 7.17. The number of rotatable bonds is 6. The highest BCUT2D eigenvalue weighted by Gasteiger charge is 2.23. The van der Waals surface area contributed by atoms with Gasteiger partial charge in [-0.05, 0) is 45.4 Å². The van der Waals surface area contributed by atoms with Crippen molar-refractivity contribution in [3.05, 3.63) is 23.8 Å². The predicted molar refractivity (Wildman–Crippen MR) is 85.8 cm³/mol. The molecule has 0 heterocycles. The molecule has 0 saturated heterocycles. The summed E-state index contributed by atoms with van der Waals surface area (Å²) in [4.78, 5) is 14.4. The van der Waals surface area contributed by atoms with Crippen LogP contribution in [-0.4, -0.2) is 29.4 Å². The van der Waals surface area contributed by atoms with Gasteiger partial charge >= 0.3 is 0 Å². The quantitative estimate of drug-likeness (QED) is 0.788. The number of nitrogens with two attached hydrogens (primary N) is 1. The van der Waals surface area contributed by atoms with Crippen LogP contribution in [0.5, 0.6) is 0 Å². The molecule has 1 aromatic rings. The molecule has 5 heteroatoms. The molecule has 0 aliphatic carbocycles. The first-order chi connectivity index (χ1) is 9.88. The minimum absolute atomic E-state index is 0.0876. The van der Waals surface area contributed by atoms with E-state index < -0.39 is 0 Å². The summed E-state index contributed by atoms with van der Waals surface area (Å²) in [5, 5.41) is 11.6. The Hall–Kier alpha value is -2.06. The fourth-order valence-corrected chi connectivity index (χ4v) is 2.25. The molecule has 1 atom stereocenters. The average molecular weight is 288 g/mol. The maximum absolute atomic E-state index is 12.4. The number of carbonyl (C=O) groups excluding carboxylic acids is 1. The fraction of sp³-hybridized carbons (Fsp3) is 0.500. The minimum atomic E-state index is -0.306. The minimum Gasteiger partial charge on any atom is -0.398 e. The van der Waals surface area contributed by atoms with Gasteiger partial charge in [-0.25, -0.2) is 0 Å². The van der Waals surface area contributed by atoms with Gasteiger partial charge in [-0.1, -0.05) is 6.07 Å². The molecule has 0 bridgehead atoms. The van der Waals surface area contributed by atoms with Crippen LogP contribution in [0.25, 0.3) is 0 Å². The smallest absolute Gasteiger partial charge is 0.241 e. The Morgan fingerprint density at radius 3 is 2.67 bits per heavy atom. The van der Waals surface area contributed by atoms with E-state index in [2.05, 4.69) is 11.4 Å². The lowest BCUT2D eigenvalue weighted by Crippen LogP contribution is -2.46. The van der Waals surface area contributed by atoms with Crippen molar-refractivity contribution in [3.8, 4) is 6.07 Å². The van der Waals surface area contributed by atoms with E-state index in [-0.39, 0.29) is 18.0 Å². The Balaban J connectivity index is 2.81. The third-order valence-electron chi connectivity index (χ3n) is 3.66. The summed E-state index contributed by atoms with van der Waals surface area (Å²) in [7, 11) is 0. The summed E-state index contributed by atoms with van der Waals surface area (Å²) >= 11 is 0. The average Bonchev–Trinajstić information content (AvgIpc) is 2.43. The van der Waals surface area contributed by atoms with Gasteiger partial charge in [0.05, 0.1) is 12.1 Å². The third kappa shape index (κ3) is 4.47. The van der Waals surface area contributed by atoms with Crippen LogP contribution in [0.1, 0.15) is 32.8 Å². The van der Waals surface area contributed by atoms with Crippen molar-refractivity contribution in [2.75, 3.05) is 17.6 Å². The van der Waals surface area contributed by atoms with Crippen LogP contribution in [0.2, 0.25) is 0 Å². The Kier molecular flexibility index (Phi) is 6.19. The van der Waals surface area contributed by atoms with E-state index >= 15 is 0 Å². The van der Waals surface area contributed by atoms with Crippen LogP contribution < -0.4 is 11.1 Å². The predicted octanol–water partition coefficient (Wildman–Crippen LogP) is 2.53. The molecule has 0 spiro atoms. The molecular weight excluding hydrogens is 264 g/mol. The van der Waals surface area contributed by atoms with E-state index in [4.69, 9.17) is 11.0 Å². The summed E-state index contributed by atoms with van der Waals surface area (Å²) in [5.41, 5.74) is 8.11. The highest BCUT2D eigenvalue weighted by molar-refractivity contribution is 5.95. The summed E-state index contributed by atoms with van der Waals surface area (Å²) < 4.78 is 0. The molecule has 0 aliphatic heterocycles. The standard InChI is InChI=1S/C16H24N4O/c1-11(2)20(10-6-9-17)13(4)16(21)19-15-8-5-7-14(18)12(15)3/h5,7-8,11,13H,6,10,18H2,1-4H3,(H,19,21). The highest BCUT2D eigenvalue weighted by atomic mass is 16.2. The largest absolute Gasteiger partial charge is 0.398 e. The van der Waals surface area contributed by atoms with Crippen molar-refractivity contribution < 1.29 is 4.79 Å². The van der Waals surface area contributed by atoms with Gasteiger partial charge in [0.25, 0.3) is 0 Å². The van der Waals surface area contributed by atoms with Crippen LogP contribution in [0.4, 0.5) is 11.4 Å². The number of nitrogen functional groups attached to an aromatic ring is 1. The number of carbonyl (C=O) groups is 1. The number of nitrogens with one attached hydrogen (secondary N) is 1. The highest BCUT2D eigenvalue weighted by Crippen LogP contribution is 2.21.